The van der Waals surface area contributed by atoms with Crippen LogP contribution in [0.1, 0.15) is 33.1 Å². The normalized spacial score (nSPS) is 16.1. The third kappa shape index (κ3) is 11.1. The summed E-state index contributed by atoms with van der Waals surface area (Å²) in [6.07, 6.45) is -5.99. The lowest BCUT2D eigenvalue weighted by molar-refractivity contribution is -0.147. The number of hydrogen-bond acceptors (Lipinski definition) is 10. The van der Waals surface area contributed by atoms with E-state index in [-0.39, 0.29) is 19.1 Å². The van der Waals surface area contributed by atoms with Crippen LogP contribution in [0.5, 0.6) is 0 Å². The van der Waals surface area contributed by atoms with Crippen LogP contribution >= 0.6 is 0 Å². The van der Waals surface area contributed by atoms with Crippen LogP contribution in [0, 0.1) is 0 Å². The SMILES string of the molecule is CCC(=O)N[C@@H](C=O)[C@@H](OCC(=O)NC(C)C(=O)NC(CCC(=O)O)C(=O)O)[C@H](O)[C@H](O)CO. The number of aliphatic hydroxyl groups excluding tert-OH is 3. The molecule has 34 heavy (non-hydrogen) atoms. The number of hydrogen-bond donors (Lipinski definition) is 8. The van der Waals surface area contributed by atoms with Crippen LogP contribution in [0.15, 0.2) is 0 Å². The Kier molecular flexibility index (Phi) is 14.2. The molecule has 0 rings (SSSR count). The van der Waals surface area contributed by atoms with E-state index in [9.17, 15) is 39.0 Å². The molecule has 0 aliphatic rings. The van der Waals surface area contributed by atoms with Crippen molar-refractivity contribution in [1.82, 2.24) is 16.0 Å². The first-order chi connectivity index (χ1) is 15.9. The smallest absolute Gasteiger partial charge is 0.326 e. The van der Waals surface area contributed by atoms with Gasteiger partial charge in [0.15, 0.2) is 0 Å². The van der Waals surface area contributed by atoms with E-state index in [1.165, 1.54) is 13.8 Å². The number of rotatable bonds is 17. The van der Waals surface area contributed by atoms with Gasteiger partial charge >= 0.3 is 11.9 Å². The standard InChI is InChI=1S/C19H31N3O12/c1-3-13(26)21-11(6-23)17(16(30)12(25)7-24)34-8-14(27)20-9(2)18(31)22-10(19(32)33)4-5-15(28)29/h6,9-12,16-17,24-25,30H,3-5,7-8H2,1-2H3,(H,20,27)(H,21,26)(H,22,31)(H,28,29)(H,32,33)/t9?,10?,11-,12+,16+,17+/m0/s1. The van der Waals surface area contributed by atoms with Gasteiger partial charge in [0.2, 0.25) is 17.7 Å². The van der Waals surface area contributed by atoms with E-state index in [1.54, 1.807) is 0 Å². The molecular weight excluding hydrogens is 462 g/mol. The minimum atomic E-state index is -1.88. The molecule has 0 fully saturated rings. The van der Waals surface area contributed by atoms with Crippen LogP contribution in [0.4, 0.5) is 0 Å². The second kappa shape index (κ2) is 15.7. The second-order valence-electron chi connectivity index (χ2n) is 7.22. The molecule has 0 aliphatic heterocycles. The Hall–Kier alpha value is -3.14. The van der Waals surface area contributed by atoms with Gasteiger partial charge in [-0.2, -0.15) is 0 Å². The number of carboxylic acids is 2. The molecule has 2 unspecified atom stereocenters. The van der Waals surface area contributed by atoms with E-state index in [0.717, 1.165) is 0 Å². The van der Waals surface area contributed by atoms with Crippen molar-refractivity contribution in [2.24, 2.45) is 0 Å². The Balaban J connectivity index is 5.11. The highest BCUT2D eigenvalue weighted by Gasteiger charge is 2.35. The van der Waals surface area contributed by atoms with E-state index in [2.05, 4.69) is 16.0 Å². The van der Waals surface area contributed by atoms with E-state index in [4.69, 9.17) is 20.1 Å². The van der Waals surface area contributed by atoms with E-state index in [0.29, 0.717) is 0 Å². The molecule has 8 N–H and O–H groups in total. The highest BCUT2D eigenvalue weighted by atomic mass is 16.5. The Morgan fingerprint density at radius 3 is 2.09 bits per heavy atom. The molecule has 0 saturated carbocycles. The van der Waals surface area contributed by atoms with Gasteiger partial charge in [-0.3, -0.25) is 19.2 Å². The van der Waals surface area contributed by atoms with Gasteiger partial charge in [0, 0.05) is 12.8 Å². The molecular formula is C19H31N3O12. The number of amides is 3. The number of nitrogens with one attached hydrogen (secondary N) is 3. The van der Waals surface area contributed by atoms with Crippen LogP contribution in [0.25, 0.3) is 0 Å². The Labute approximate surface area is 194 Å². The average molecular weight is 493 g/mol. The third-order valence-corrected chi connectivity index (χ3v) is 4.51. The molecule has 0 aromatic carbocycles. The molecule has 0 radical (unpaired) electrons. The molecule has 6 atom stereocenters. The maximum atomic E-state index is 12.2. The van der Waals surface area contributed by atoms with Crippen LogP contribution in [0.3, 0.4) is 0 Å². The molecule has 15 heteroatoms. The number of ether oxygens (including phenoxy) is 1. The number of carbonyl (C=O) groups is 6. The lowest BCUT2D eigenvalue weighted by Crippen LogP contribution is -2.56. The fraction of sp³-hybridized carbons (Fsp3) is 0.684. The van der Waals surface area contributed by atoms with Gasteiger partial charge in [0.05, 0.1) is 6.61 Å². The predicted octanol–water partition coefficient (Wildman–Crippen LogP) is -3.88. The van der Waals surface area contributed by atoms with E-state index < -0.39 is 85.7 Å². The summed E-state index contributed by atoms with van der Waals surface area (Å²) >= 11 is 0. The van der Waals surface area contributed by atoms with Crippen molar-refractivity contribution < 1.29 is 59.0 Å². The molecule has 0 aromatic heterocycles. The first-order valence-electron chi connectivity index (χ1n) is 10.2. The molecule has 3 amide bonds. The Morgan fingerprint density at radius 1 is 1.00 bits per heavy atom. The van der Waals surface area contributed by atoms with Gasteiger partial charge in [-0.05, 0) is 13.3 Å². The zero-order valence-corrected chi connectivity index (χ0v) is 18.7. The molecule has 0 aliphatic carbocycles. The lowest BCUT2D eigenvalue weighted by Gasteiger charge is -2.30. The molecule has 0 aromatic rings. The topological polar surface area (TPSA) is 249 Å². The Morgan fingerprint density at radius 2 is 1.62 bits per heavy atom. The zero-order valence-electron chi connectivity index (χ0n) is 18.7. The van der Waals surface area contributed by atoms with Crippen molar-refractivity contribution in [2.75, 3.05) is 13.2 Å². The Bertz CT molecular complexity index is 731. The number of carbonyl (C=O) groups excluding carboxylic acids is 4. The maximum absolute atomic E-state index is 12.2. The zero-order chi connectivity index (χ0) is 26.4. The predicted molar refractivity (Wildman–Crippen MR) is 111 cm³/mol. The van der Waals surface area contributed by atoms with Gasteiger partial charge in [-0.1, -0.05) is 6.92 Å². The molecule has 0 spiro atoms. The first-order valence-corrected chi connectivity index (χ1v) is 10.2. The number of aliphatic hydroxyl groups is 3. The molecule has 15 nitrogen and oxygen atoms in total. The monoisotopic (exact) mass is 493 g/mol. The maximum Gasteiger partial charge on any atom is 0.326 e. The van der Waals surface area contributed by atoms with Crippen molar-refractivity contribution in [2.45, 2.75) is 69.5 Å². The highest BCUT2D eigenvalue weighted by molar-refractivity contribution is 5.90. The van der Waals surface area contributed by atoms with Crippen LogP contribution in [-0.4, -0.2) is 111 Å². The van der Waals surface area contributed by atoms with Gasteiger partial charge in [-0.15, -0.1) is 0 Å². The summed E-state index contributed by atoms with van der Waals surface area (Å²) in [4.78, 5) is 69.1. The van der Waals surface area contributed by atoms with Crippen molar-refractivity contribution in [3.63, 3.8) is 0 Å². The van der Waals surface area contributed by atoms with Gasteiger partial charge in [-0.25, -0.2) is 4.79 Å². The summed E-state index contributed by atoms with van der Waals surface area (Å²) < 4.78 is 5.18. The largest absolute Gasteiger partial charge is 0.481 e. The third-order valence-electron chi connectivity index (χ3n) is 4.51. The van der Waals surface area contributed by atoms with Gasteiger partial charge in [0.1, 0.15) is 49.3 Å². The second-order valence-corrected chi connectivity index (χ2v) is 7.22. The number of aliphatic carboxylic acids is 2. The first kappa shape index (κ1) is 30.9. The quantitative estimate of drug-likeness (QED) is 0.0906. The van der Waals surface area contributed by atoms with Crippen molar-refractivity contribution in [3.05, 3.63) is 0 Å². The fourth-order valence-electron chi connectivity index (χ4n) is 2.57. The van der Waals surface area contributed by atoms with Crippen molar-refractivity contribution in [3.8, 4) is 0 Å². The number of aldehydes is 1. The summed E-state index contributed by atoms with van der Waals surface area (Å²) in [5.74, 6) is -5.20. The van der Waals surface area contributed by atoms with Crippen LogP contribution in [-0.2, 0) is 33.5 Å². The number of carboxylic acid groups (broad SMARTS) is 2. The average Bonchev–Trinajstić information content (AvgIpc) is 2.79. The molecule has 194 valence electrons. The van der Waals surface area contributed by atoms with Crippen molar-refractivity contribution in [1.29, 1.82) is 0 Å². The minimum Gasteiger partial charge on any atom is -0.481 e. The molecule has 0 heterocycles. The van der Waals surface area contributed by atoms with Gasteiger partial charge < -0.3 is 51.0 Å². The van der Waals surface area contributed by atoms with Gasteiger partial charge in [0.25, 0.3) is 0 Å². The molecule has 0 saturated heterocycles. The fourth-order valence-corrected chi connectivity index (χ4v) is 2.57. The van der Waals surface area contributed by atoms with E-state index in [1.807, 2.05) is 0 Å². The summed E-state index contributed by atoms with van der Waals surface area (Å²) in [5, 5.41) is 53.1. The lowest BCUT2D eigenvalue weighted by atomic mass is 10.0. The summed E-state index contributed by atoms with van der Waals surface area (Å²) in [5.41, 5.74) is 0. The van der Waals surface area contributed by atoms with Crippen LogP contribution in [0.2, 0.25) is 0 Å². The summed E-state index contributed by atoms with van der Waals surface area (Å²) in [7, 11) is 0. The summed E-state index contributed by atoms with van der Waals surface area (Å²) in [6, 6.07) is -4.27. The minimum absolute atomic E-state index is 0.0212. The van der Waals surface area contributed by atoms with E-state index >= 15 is 0 Å². The highest BCUT2D eigenvalue weighted by Crippen LogP contribution is 2.10. The summed E-state index contributed by atoms with van der Waals surface area (Å²) in [6.45, 7) is 0.930. The molecule has 0 bridgehead atoms. The van der Waals surface area contributed by atoms with Crippen LogP contribution < -0.4 is 16.0 Å². The van der Waals surface area contributed by atoms with Crippen molar-refractivity contribution >= 4 is 35.9 Å².